The van der Waals surface area contributed by atoms with Crippen molar-refractivity contribution in [2.75, 3.05) is 13.7 Å². The molecule has 0 aromatic heterocycles. The molecule has 23 heavy (non-hydrogen) atoms. The zero-order valence-corrected chi connectivity index (χ0v) is 12.9. The summed E-state index contributed by atoms with van der Waals surface area (Å²) in [5.74, 6) is 0.648. The van der Waals surface area contributed by atoms with Gasteiger partial charge in [0.15, 0.2) is 11.5 Å². The number of rotatable bonds is 6. The Morgan fingerprint density at radius 3 is 2.74 bits per heavy atom. The van der Waals surface area contributed by atoms with E-state index in [-0.39, 0.29) is 11.3 Å². The highest BCUT2D eigenvalue weighted by molar-refractivity contribution is 5.97. The molecule has 1 amide bonds. The summed E-state index contributed by atoms with van der Waals surface area (Å²) in [6, 6.07) is 11.6. The third-order valence-corrected chi connectivity index (χ3v) is 3.02. The van der Waals surface area contributed by atoms with E-state index in [1.807, 2.05) is 6.92 Å². The van der Waals surface area contributed by atoms with Crippen molar-refractivity contribution in [3.8, 4) is 17.2 Å². The molecule has 6 nitrogen and oxygen atoms in total. The molecule has 0 radical (unpaired) electrons. The Bertz CT molecular complexity index is 713. The molecular formula is C17H18N2O4. The van der Waals surface area contributed by atoms with E-state index in [4.69, 9.17) is 9.47 Å². The Morgan fingerprint density at radius 1 is 1.26 bits per heavy atom. The summed E-state index contributed by atoms with van der Waals surface area (Å²) in [6.07, 6.45) is 1.49. The number of para-hydroxylation sites is 1. The topological polar surface area (TPSA) is 80.2 Å². The first-order valence-electron chi connectivity index (χ1n) is 7.08. The molecule has 0 atom stereocenters. The Balaban J connectivity index is 2.07. The highest BCUT2D eigenvalue weighted by Crippen LogP contribution is 2.27. The molecule has 0 spiro atoms. The maximum absolute atomic E-state index is 11.9. The van der Waals surface area contributed by atoms with Gasteiger partial charge in [0.2, 0.25) is 0 Å². The molecule has 2 rings (SSSR count). The van der Waals surface area contributed by atoms with Crippen LogP contribution in [0.25, 0.3) is 0 Å². The number of hydrogen-bond donors (Lipinski definition) is 2. The number of amides is 1. The fourth-order valence-electron chi connectivity index (χ4n) is 1.93. The number of hydrazone groups is 1. The van der Waals surface area contributed by atoms with E-state index in [1.54, 1.807) is 37.4 Å². The Hall–Kier alpha value is -3.02. The second kappa shape index (κ2) is 7.84. The van der Waals surface area contributed by atoms with Crippen LogP contribution in [0.4, 0.5) is 0 Å². The lowest BCUT2D eigenvalue weighted by molar-refractivity contribution is 0.0952. The van der Waals surface area contributed by atoms with Crippen LogP contribution in [0.3, 0.4) is 0 Å². The number of carbonyl (C=O) groups is 1. The number of ether oxygens (including phenoxy) is 2. The van der Waals surface area contributed by atoms with E-state index in [0.717, 1.165) is 5.56 Å². The van der Waals surface area contributed by atoms with Gasteiger partial charge in [-0.25, -0.2) is 5.43 Å². The molecular weight excluding hydrogens is 296 g/mol. The number of nitrogens with zero attached hydrogens (tertiary/aromatic N) is 1. The number of methoxy groups -OCH3 is 1. The number of benzene rings is 2. The Kier molecular flexibility index (Phi) is 5.57. The van der Waals surface area contributed by atoms with E-state index < -0.39 is 5.91 Å². The SMILES string of the molecule is CCOc1cc(/C=N/NC(=O)c2ccccc2O)ccc1OC. The molecule has 0 bridgehead atoms. The second-order valence-electron chi connectivity index (χ2n) is 4.56. The van der Waals surface area contributed by atoms with Gasteiger partial charge in [0.05, 0.1) is 25.5 Å². The third kappa shape index (κ3) is 4.23. The summed E-state index contributed by atoms with van der Waals surface area (Å²) in [5, 5.41) is 13.5. The molecule has 0 saturated heterocycles. The van der Waals surface area contributed by atoms with Gasteiger partial charge in [-0.05, 0) is 42.8 Å². The van der Waals surface area contributed by atoms with Gasteiger partial charge in [0, 0.05) is 0 Å². The lowest BCUT2D eigenvalue weighted by Gasteiger charge is -2.09. The molecule has 0 saturated carbocycles. The number of phenols is 1. The van der Waals surface area contributed by atoms with Gasteiger partial charge in [-0.1, -0.05) is 12.1 Å². The number of carbonyl (C=O) groups excluding carboxylic acids is 1. The predicted molar refractivity (Wildman–Crippen MR) is 87.3 cm³/mol. The van der Waals surface area contributed by atoms with E-state index in [9.17, 15) is 9.90 Å². The first kappa shape index (κ1) is 16.4. The maximum Gasteiger partial charge on any atom is 0.275 e. The van der Waals surface area contributed by atoms with E-state index >= 15 is 0 Å². The van der Waals surface area contributed by atoms with Gasteiger partial charge in [-0.2, -0.15) is 5.10 Å². The fraction of sp³-hybridized carbons (Fsp3) is 0.176. The molecule has 0 aliphatic carbocycles. The van der Waals surface area contributed by atoms with Gasteiger partial charge in [0.25, 0.3) is 5.91 Å². The van der Waals surface area contributed by atoms with Crippen molar-refractivity contribution in [3.05, 3.63) is 53.6 Å². The van der Waals surface area contributed by atoms with Crippen LogP contribution in [-0.2, 0) is 0 Å². The van der Waals surface area contributed by atoms with Gasteiger partial charge in [-0.3, -0.25) is 4.79 Å². The molecule has 0 fully saturated rings. The van der Waals surface area contributed by atoms with Crippen LogP contribution in [0.5, 0.6) is 17.2 Å². The van der Waals surface area contributed by atoms with Crippen LogP contribution in [-0.4, -0.2) is 30.9 Å². The standard InChI is InChI=1S/C17H18N2O4/c1-3-23-16-10-12(8-9-15(16)22-2)11-18-19-17(21)13-6-4-5-7-14(13)20/h4-11,20H,3H2,1-2H3,(H,19,21)/b18-11+. The minimum atomic E-state index is -0.488. The minimum Gasteiger partial charge on any atom is -0.507 e. The predicted octanol–water partition coefficient (Wildman–Crippen LogP) is 2.56. The summed E-state index contributed by atoms with van der Waals surface area (Å²) >= 11 is 0. The first-order chi connectivity index (χ1) is 11.2. The van der Waals surface area contributed by atoms with Crippen molar-refractivity contribution in [2.45, 2.75) is 6.92 Å². The van der Waals surface area contributed by atoms with Crippen LogP contribution >= 0.6 is 0 Å². The van der Waals surface area contributed by atoms with E-state index in [2.05, 4.69) is 10.5 Å². The van der Waals surface area contributed by atoms with Gasteiger partial charge >= 0.3 is 0 Å². The van der Waals surface area contributed by atoms with Crippen molar-refractivity contribution in [1.29, 1.82) is 0 Å². The second-order valence-corrected chi connectivity index (χ2v) is 4.56. The molecule has 0 unspecified atom stereocenters. The molecule has 2 N–H and O–H groups in total. The average molecular weight is 314 g/mol. The quantitative estimate of drug-likeness (QED) is 0.634. The summed E-state index contributed by atoms with van der Waals surface area (Å²) in [7, 11) is 1.57. The van der Waals surface area contributed by atoms with Crippen molar-refractivity contribution in [1.82, 2.24) is 5.43 Å². The minimum absolute atomic E-state index is 0.0942. The van der Waals surface area contributed by atoms with Crippen LogP contribution in [0, 0.1) is 0 Å². The molecule has 2 aromatic carbocycles. The van der Waals surface area contributed by atoms with E-state index in [1.165, 1.54) is 18.3 Å². The van der Waals surface area contributed by atoms with Crippen molar-refractivity contribution in [3.63, 3.8) is 0 Å². The van der Waals surface area contributed by atoms with Gasteiger partial charge in [-0.15, -0.1) is 0 Å². The van der Waals surface area contributed by atoms with Crippen molar-refractivity contribution >= 4 is 12.1 Å². The van der Waals surface area contributed by atoms with Gasteiger partial charge in [0.1, 0.15) is 5.75 Å². The monoisotopic (exact) mass is 314 g/mol. The zero-order valence-electron chi connectivity index (χ0n) is 12.9. The summed E-state index contributed by atoms with van der Waals surface area (Å²) < 4.78 is 10.7. The van der Waals surface area contributed by atoms with Crippen molar-refractivity contribution < 1.29 is 19.4 Å². The Morgan fingerprint density at radius 2 is 2.04 bits per heavy atom. The van der Waals surface area contributed by atoms with E-state index in [0.29, 0.717) is 18.1 Å². The lowest BCUT2D eigenvalue weighted by atomic mass is 10.2. The molecule has 0 aliphatic heterocycles. The van der Waals surface area contributed by atoms with Crippen LogP contribution in [0.1, 0.15) is 22.8 Å². The number of hydrogen-bond acceptors (Lipinski definition) is 5. The highest BCUT2D eigenvalue weighted by atomic mass is 16.5. The maximum atomic E-state index is 11.9. The summed E-state index contributed by atoms with van der Waals surface area (Å²) in [4.78, 5) is 11.9. The number of aromatic hydroxyl groups is 1. The smallest absolute Gasteiger partial charge is 0.275 e. The zero-order chi connectivity index (χ0) is 16.7. The van der Waals surface area contributed by atoms with Crippen LogP contribution in [0.15, 0.2) is 47.6 Å². The molecule has 6 heteroatoms. The lowest BCUT2D eigenvalue weighted by Crippen LogP contribution is -2.17. The third-order valence-electron chi connectivity index (χ3n) is 3.02. The number of phenolic OH excluding ortho intramolecular Hbond substituents is 1. The molecule has 0 heterocycles. The number of nitrogens with one attached hydrogen (secondary N) is 1. The fourth-order valence-corrected chi connectivity index (χ4v) is 1.93. The molecule has 0 aliphatic rings. The average Bonchev–Trinajstić information content (AvgIpc) is 2.56. The normalized spacial score (nSPS) is 10.5. The molecule has 2 aromatic rings. The summed E-state index contributed by atoms with van der Waals surface area (Å²) in [6.45, 7) is 2.40. The Labute approximate surface area is 134 Å². The molecule has 120 valence electrons. The van der Waals surface area contributed by atoms with Gasteiger partial charge < -0.3 is 14.6 Å². The largest absolute Gasteiger partial charge is 0.507 e. The highest BCUT2D eigenvalue weighted by Gasteiger charge is 2.08. The first-order valence-corrected chi connectivity index (χ1v) is 7.08. The van der Waals surface area contributed by atoms with Crippen molar-refractivity contribution in [2.24, 2.45) is 5.10 Å². The van der Waals surface area contributed by atoms with Crippen LogP contribution < -0.4 is 14.9 Å². The van der Waals surface area contributed by atoms with Crippen LogP contribution in [0.2, 0.25) is 0 Å². The summed E-state index contributed by atoms with van der Waals surface area (Å²) in [5.41, 5.74) is 3.27.